The van der Waals surface area contributed by atoms with Crippen molar-refractivity contribution in [3.63, 3.8) is 0 Å². The normalized spacial score (nSPS) is 14.8. The fraction of sp³-hybridized carbons (Fsp3) is 0.0952. The molecule has 0 spiro atoms. The Labute approximate surface area is 148 Å². The van der Waals surface area contributed by atoms with E-state index in [0.29, 0.717) is 5.56 Å². The summed E-state index contributed by atoms with van der Waals surface area (Å²) in [5.41, 5.74) is 5.55. The average molecular weight is 343 g/mol. The predicted octanol–water partition coefficient (Wildman–Crippen LogP) is 4.39. The molecule has 0 fully saturated rings. The molecule has 0 bridgehead atoms. The van der Waals surface area contributed by atoms with E-state index in [2.05, 4.69) is 11.1 Å². The summed E-state index contributed by atoms with van der Waals surface area (Å²) in [4.78, 5) is 15.8. The van der Waals surface area contributed by atoms with Gasteiger partial charge >= 0.3 is 5.97 Å². The molecule has 1 N–H and O–H groups in total. The molecule has 0 saturated carbocycles. The van der Waals surface area contributed by atoms with E-state index in [1.54, 1.807) is 0 Å². The SMILES string of the molecule is O=C1OCc2c1cc1c([nH]c3ccccc31)c2-c1ccc2c(c1)OCO2. The molecule has 126 valence electrons. The van der Waals surface area contributed by atoms with Crippen molar-refractivity contribution in [3.8, 4) is 22.6 Å². The number of carbonyl (C=O) groups excluding carboxylic acids is 1. The van der Waals surface area contributed by atoms with Crippen LogP contribution >= 0.6 is 0 Å². The quantitative estimate of drug-likeness (QED) is 0.521. The first-order chi connectivity index (χ1) is 12.8. The average Bonchev–Trinajstić information content (AvgIpc) is 3.36. The summed E-state index contributed by atoms with van der Waals surface area (Å²) in [6.45, 7) is 0.512. The van der Waals surface area contributed by atoms with Crippen molar-refractivity contribution in [1.29, 1.82) is 0 Å². The summed E-state index contributed by atoms with van der Waals surface area (Å²) in [7, 11) is 0. The van der Waals surface area contributed by atoms with Gasteiger partial charge in [0.1, 0.15) is 6.61 Å². The Morgan fingerprint density at radius 2 is 1.77 bits per heavy atom. The number of benzene rings is 3. The highest BCUT2D eigenvalue weighted by atomic mass is 16.7. The molecule has 0 atom stereocenters. The zero-order valence-electron chi connectivity index (χ0n) is 13.7. The number of ether oxygens (including phenoxy) is 3. The fourth-order valence-electron chi connectivity index (χ4n) is 3.95. The summed E-state index contributed by atoms with van der Waals surface area (Å²) in [6.07, 6.45) is 0. The molecule has 26 heavy (non-hydrogen) atoms. The highest BCUT2D eigenvalue weighted by Gasteiger charge is 2.28. The van der Waals surface area contributed by atoms with Crippen molar-refractivity contribution in [1.82, 2.24) is 4.98 Å². The van der Waals surface area contributed by atoms with E-state index in [1.165, 1.54) is 0 Å². The number of rotatable bonds is 1. The minimum absolute atomic E-state index is 0.231. The number of para-hydroxylation sites is 1. The van der Waals surface area contributed by atoms with E-state index in [4.69, 9.17) is 14.2 Å². The number of H-pyrrole nitrogens is 1. The second kappa shape index (κ2) is 4.79. The van der Waals surface area contributed by atoms with Gasteiger partial charge in [0.15, 0.2) is 11.5 Å². The number of fused-ring (bicyclic) bond motifs is 5. The van der Waals surface area contributed by atoms with Crippen LogP contribution in [0.4, 0.5) is 0 Å². The lowest BCUT2D eigenvalue weighted by atomic mass is 9.93. The van der Waals surface area contributed by atoms with E-state index in [-0.39, 0.29) is 19.4 Å². The fourth-order valence-corrected chi connectivity index (χ4v) is 3.95. The van der Waals surface area contributed by atoms with Gasteiger partial charge in [0.25, 0.3) is 0 Å². The molecular weight excluding hydrogens is 330 g/mol. The molecule has 3 aromatic carbocycles. The summed E-state index contributed by atoms with van der Waals surface area (Å²) >= 11 is 0. The highest BCUT2D eigenvalue weighted by Crippen LogP contribution is 2.43. The van der Waals surface area contributed by atoms with Gasteiger partial charge in [0, 0.05) is 27.4 Å². The molecule has 2 aliphatic heterocycles. The third-order valence-electron chi connectivity index (χ3n) is 5.14. The Morgan fingerprint density at radius 1 is 0.885 bits per heavy atom. The first-order valence-electron chi connectivity index (χ1n) is 8.43. The predicted molar refractivity (Wildman–Crippen MR) is 96.5 cm³/mol. The Morgan fingerprint density at radius 3 is 2.73 bits per heavy atom. The largest absolute Gasteiger partial charge is 0.457 e. The molecule has 1 aromatic heterocycles. The molecule has 4 aromatic rings. The van der Waals surface area contributed by atoms with Crippen LogP contribution in [0.2, 0.25) is 0 Å². The van der Waals surface area contributed by atoms with E-state index >= 15 is 0 Å². The van der Waals surface area contributed by atoms with Crippen LogP contribution < -0.4 is 9.47 Å². The van der Waals surface area contributed by atoms with Crippen molar-refractivity contribution >= 4 is 27.8 Å². The number of nitrogens with one attached hydrogen (secondary N) is 1. The maximum absolute atomic E-state index is 12.3. The van der Waals surface area contributed by atoms with Crippen molar-refractivity contribution in [2.45, 2.75) is 6.61 Å². The number of aromatic amines is 1. The van der Waals surface area contributed by atoms with Crippen LogP contribution in [0.5, 0.6) is 11.5 Å². The van der Waals surface area contributed by atoms with Crippen LogP contribution in [-0.2, 0) is 11.3 Å². The second-order valence-corrected chi connectivity index (χ2v) is 6.51. The summed E-state index contributed by atoms with van der Waals surface area (Å²) in [5, 5.41) is 2.11. The summed E-state index contributed by atoms with van der Waals surface area (Å²) < 4.78 is 16.3. The monoisotopic (exact) mass is 343 g/mol. The number of hydrogen-bond acceptors (Lipinski definition) is 4. The zero-order chi connectivity index (χ0) is 17.3. The van der Waals surface area contributed by atoms with Gasteiger partial charge in [-0.1, -0.05) is 24.3 Å². The summed E-state index contributed by atoms with van der Waals surface area (Å²) in [6, 6.07) is 15.9. The van der Waals surface area contributed by atoms with Crippen LogP contribution in [0.25, 0.3) is 32.9 Å². The van der Waals surface area contributed by atoms with Gasteiger partial charge in [-0.05, 0) is 29.8 Å². The van der Waals surface area contributed by atoms with Crippen LogP contribution in [0.15, 0.2) is 48.5 Å². The number of esters is 1. The first-order valence-corrected chi connectivity index (χ1v) is 8.43. The van der Waals surface area contributed by atoms with Crippen molar-refractivity contribution in [3.05, 3.63) is 59.7 Å². The van der Waals surface area contributed by atoms with Gasteiger partial charge in [-0.3, -0.25) is 0 Å². The number of cyclic esters (lactones) is 1. The van der Waals surface area contributed by atoms with Gasteiger partial charge in [-0.15, -0.1) is 0 Å². The molecule has 0 unspecified atom stereocenters. The lowest BCUT2D eigenvalue weighted by molar-refractivity contribution is 0.0535. The van der Waals surface area contributed by atoms with Gasteiger partial charge < -0.3 is 19.2 Å². The molecule has 0 aliphatic carbocycles. The molecule has 0 amide bonds. The van der Waals surface area contributed by atoms with Crippen molar-refractivity contribution in [2.75, 3.05) is 6.79 Å². The number of carbonyl (C=O) groups is 1. The van der Waals surface area contributed by atoms with E-state index in [9.17, 15) is 4.79 Å². The van der Waals surface area contributed by atoms with Crippen LogP contribution in [0, 0.1) is 0 Å². The van der Waals surface area contributed by atoms with Gasteiger partial charge in [0.05, 0.1) is 11.1 Å². The third kappa shape index (κ3) is 1.72. The van der Waals surface area contributed by atoms with Crippen LogP contribution in [-0.4, -0.2) is 17.7 Å². The maximum atomic E-state index is 12.3. The van der Waals surface area contributed by atoms with Gasteiger partial charge in [-0.2, -0.15) is 0 Å². The molecule has 5 heteroatoms. The number of aromatic nitrogens is 1. The molecular formula is C21H13NO4. The minimum atomic E-state index is -0.269. The van der Waals surface area contributed by atoms with E-state index in [1.807, 2.05) is 42.5 Å². The zero-order valence-corrected chi connectivity index (χ0v) is 13.7. The maximum Gasteiger partial charge on any atom is 0.338 e. The topological polar surface area (TPSA) is 60.6 Å². The summed E-state index contributed by atoms with van der Waals surface area (Å²) in [5.74, 6) is 1.19. The molecule has 5 nitrogen and oxygen atoms in total. The lowest BCUT2D eigenvalue weighted by Gasteiger charge is -2.10. The molecule has 2 aliphatic rings. The molecule has 6 rings (SSSR count). The lowest BCUT2D eigenvalue weighted by Crippen LogP contribution is -1.95. The van der Waals surface area contributed by atoms with Gasteiger partial charge in [0.2, 0.25) is 6.79 Å². The van der Waals surface area contributed by atoms with Crippen molar-refractivity contribution in [2.24, 2.45) is 0 Å². The molecule has 3 heterocycles. The van der Waals surface area contributed by atoms with Crippen LogP contribution in [0.1, 0.15) is 15.9 Å². The Bertz CT molecular complexity index is 1240. The van der Waals surface area contributed by atoms with Crippen molar-refractivity contribution < 1.29 is 19.0 Å². The Kier molecular flexibility index (Phi) is 2.54. The van der Waals surface area contributed by atoms with E-state index in [0.717, 1.165) is 50.0 Å². The standard InChI is InChI=1S/C21H13NO4/c23-21-14-8-13-12-3-1-2-4-16(12)22-20(13)19(15(14)9-24-21)11-5-6-17-18(7-11)26-10-25-17/h1-8,22H,9-10H2. The second-order valence-electron chi connectivity index (χ2n) is 6.51. The van der Waals surface area contributed by atoms with Gasteiger partial charge in [-0.25, -0.2) is 4.79 Å². The van der Waals surface area contributed by atoms with E-state index < -0.39 is 0 Å². The highest BCUT2D eigenvalue weighted by molar-refractivity contribution is 6.16. The molecule has 0 radical (unpaired) electrons. The Balaban J connectivity index is 1.75. The number of hydrogen-bond donors (Lipinski definition) is 1. The Hall–Kier alpha value is -3.47. The van der Waals surface area contributed by atoms with Crippen LogP contribution in [0.3, 0.4) is 0 Å². The first kappa shape index (κ1) is 13.8. The smallest absolute Gasteiger partial charge is 0.338 e. The molecule has 0 saturated heterocycles. The minimum Gasteiger partial charge on any atom is -0.457 e. The third-order valence-corrected chi connectivity index (χ3v) is 5.14.